The Labute approximate surface area is 140 Å². The van der Waals surface area contributed by atoms with Crippen molar-refractivity contribution in [2.24, 2.45) is 5.92 Å². The van der Waals surface area contributed by atoms with Crippen molar-refractivity contribution in [2.45, 2.75) is 19.4 Å². The van der Waals surface area contributed by atoms with Gasteiger partial charge in [0, 0.05) is 27.1 Å². The van der Waals surface area contributed by atoms with Crippen molar-refractivity contribution >= 4 is 11.8 Å². The topological polar surface area (TPSA) is 79.5 Å². The van der Waals surface area contributed by atoms with Crippen molar-refractivity contribution in [1.29, 1.82) is 0 Å². The second-order valence-corrected chi connectivity index (χ2v) is 6.25. The van der Waals surface area contributed by atoms with Crippen LogP contribution < -0.4 is 0 Å². The molecule has 1 aromatic carbocycles. The molecule has 0 N–H and O–H groups in total. The van der Waals surface area contributed by atoms with Gasteiger partial charge < -0.3 is 14.3 Å². The zero-order chi connectivity index (χ0) is 17.1. The Hall–Kier alpha value is -2.70. The van der Waals surface area contributed by atoms with E-state index in [0.717, 1.165) is 6.42 Å². The van der Waals surface area contributed by atoms with E-state index in [1.54, 1.807) is 19.0 Å². The van der Waals surface area contributed by atoms with Crippen LogP contribution in [0.25, 0.3) is 0 Å². The number of likely N-dealkylation sites (tertiary alicyclic amines) is 1. The monoisotopic (exact) mass is 328 g/mol. The Morgan fingerprint density at radius 3 is 2.79 bits per heavy atom. The smallest absolute Gasteiger partial charge is 0.316 e. The van der Waals surface area contributed by atoms with E-state index >= 15 is 0 Å². The van der Waals surface area contributed by atoms with E-state index in [-0.39, 0.29) is 30.2 Å². The fraction of sp³-hybridized carbons (Fsp3) is 0.412. The first kappa shape index (κ1) is 16.2. The minimum absolute atomic E-state index is 0.0533. The van der Waals surface area contributed by atoms with E-state index in [4.69, 9.17) is 4.52 Å². The SMILES string of the molecule is CN(C)C(=O)c1nc(CN2C[C@@H](Cc3ccccc3)CC2=O)no1. The second kappa shape index (κ2) is 6.82. The molecule has 0 spiro atoms. The summed E-state index contributed by atoms with van der Waals surface area (Å²) < 4.78 is 4.97. The molecule has 1 aromatic heterocycles. The summed E-state index contributed by atoms with van der Waals surface area (Å²) in [7, 11) is 3.23. The molecule has 0 radical (unpaired) electrons. The first-order valence-electron chi connectivity index (χ1n) is 7.89. The van der Waals surface area contributed by atoms with Crippen LogP contribution in [0.15, 0.2) is 34.9 Å². The van der Waals surface area contributed by atoms with Crippen LogP contribution in [0.5, 0.6) is 0 Å². The zero-order valence-electron chi connectivity index (χ0n) is 13.8. The third kappa shape index (κ3) is 3.61. The minimum Gasteiger partial charge on any atom is -0.341 e. The largest absolute Gasteiger partial charge is 0.341 e. The van der Waals surface area contributed by atoms with Crippen molar-refractivity contribution in [2.75, 3.05) is 20.6 Å². The first-order valence-corrected chi connectivity index (χ1v) is 7.89. The van der Waals surface area contributed by atoms with Crippen LogP contribution >= 0.6 is 0 Å². The Morgan fingerprint density at radius 1 is 1.33 bits per heavy atom. The molecular formula is C17H20N4O3. The standard InChI is InChI=1S/C17H20N4O3/c1-20(2)17(23)16-18-14(19-24-16)11-21-10-13(9-15(21)22)8-12-6-4-3-5-7-12/h3-7,13H,8-11H2,1-2H3/t13-/m0/s1. The van der Waals surface area contributed by atoms with E-state index in [9.17, 15) is 9.59 Å². The number of nitrogens with zero attached hydrogens (tertiary/aromatic N) is 4. The Bertz CT molecular complexity index is 726. The van der Waals surface area contributed by atoms with Gasteiger partial charge in [-0.2, -0.15) is 4.98 Å². The van der Waals surface area contributed by atoms with Gasteiger partial charge >= 0.3 is 11.8 Å². The molecule has 2 heterocycles. The van der Waals surface area contributed by atoms with Crippen LogP contribution in [0.4, 0.5) is 0 Å². The average molecular weight is 328 g/mol. The lowest BCUT2D eigenvalue weighted by Crippen LogP contribution is -2.26. The summed E-state index contributed by atoms with van der Waals surface area (Å²) >= 11 is 0. The van der Waals surface area contributed by atoms with Crippen LogP contribution in [0.1, 0.15) is 28.5 Å². The van der Waals surface area contributed by atoms with Crippen LogP contribution in [-0.4, -0.2) is 52.4 Å². The molecule has 2 aromatic rings. The highest BCUT2D eigenvalue weighted by Gasteiger charge is 2.31. The predicted molar refractivity (Wildman–Crippen MR) is 86.0 cm³/mol. The summed E-state index contributed by atoms with van der Waals surface area (Å²) in [6, 6.07) is 10.1. The van der Waals surface area contributed by atoms with Gasteiger partial charge in [-0.05, 0) is 17.9 Å². The van der Waals surface area contributed by atoms with Gasteiger partial charge in [-0.3, -0.25) is 9.59 Å². The summed E-state index contributed by atoms with van der Waals surface area (Å²) in [5.41, 5.74) is 1.23. The maximum atomic E-state index is 12.2. The van der Waals surface area contributed by atoms with Gasteiger partial charge in [0.05, 0.1) is 6.54 Å². The molecule has 0 unspecified atom stereocenters. The Kier molecular flexibility index (Phi) is 4.59. The van der Waals surface area contributed by atoms with Gasteiger partial charge in [0.15, 0.2) is 5.82 Å². The fourth-order valence-corrected chi connectivity index (χ4v) is 2.86. The molecule has 7 heteroatoms. The number of hydrogen-bond acceptors (Lipinski definition) is 5. The van der Waals surface area contributed by atoms with Gasteiger partial charge in [-0.25, -0.2) is 0 Å². The number of hydrogen-bond donors (Lipinski definition) is 0. The summed E-state index contributed by atoms with van der Waals surface area (Å²) in [5, 5.41) is 3.80. The third-order valence-electron chi connectivity index (χ3n) is 4.05. The van der Waals surface area contributed by atoms with E-state index in [0.29, 0.717) is 18.8 Å². The molecule has 7 nitrogen and oxygen atoms in total. The average Bonchev–Trinajstić information content (AvgIpc) is 3.15. The van der Waals surface area contributed by atoms with Crippen molar-refractivity contribution < 1.29 is 14.1 Å². The van der Waals surface area contributed by atoms with E-state index in [1.807, 2.05) is 18.2 Å². The van der Waals surface area contributed by atoms with Gasteiger partial charge in [-0.15, -0.1) is 0 Å². The van der Waals surface area contributed by atoms with Crippen molar-refractivity contribution in [3.05, 3.63) is 47.6 Å². The lowest BCUT2D eigenvalue weighted by Gasteiger charge is -2.14. The van der Waals surface area contributed by atoms with E-state index < -0.39 is 0 Å². The van der Waals surface area contributed by atoms with Gasteiger partial charge in [0.1, 0.15) is 0 Å². The molecule has 0 aliphatic carbocycles. The maximum Gasteiger partial charge on any atom is 0.316 e. The van der Waals surface area contributed by atoms with E-state index in [2.05, 4.69) is 22.3 Å². The van der Waals surface area contributed by atoms with Crippen LogP contribution in [-0.2, 0) is 17.8 Å². The fourth-order valence-electron chi connectivity index (χ4n) is 2.86. The van der Waals surface area contributed by atoms with Gasteiger partial charge in [0.25, 0.3) is 0 Å². The third-order valence-corrected chi connectivity index (χ3v) is 4.05. The number of carbonyl (C=O) groups is 2. The lowest BCUT2D eigenvalue weighted by molar-refractivity contribution is -0.128. The predicted octanol–water partition coefficient (Wildman–Crippen LogP) is 1.36. The molecule has 3 rings (SSSR count). The van der Waals surface area contributed by atoms with Crippen LogP contribution in [0.2, 0.25) is 0 Å². The first-order chi connectivity index (χ1) is 11.5. The van der Waals surface area contributed by atoms with Gasteiger partial charge in [0.2, 0.25) is 5.91 Å². The molecule has 1 atom stereocenters. The molecule has 0 saturated carbocycles. The molecule has 126 valence electrons. The Morgan fingerprint density at radius 2 is 2.08 bits per heavy atom. The highest BCUT2D eigenvalue weighted by Crippen LogP contribution is 2.23. The van der Waals surface area contributed by atoms with Crippen molar-refractivity contribution in [3.8, 4) is 0 Å². The summed E-state index contributed by atoms with van der Waals surface area (Å²) in [6.45, 7) is 0.938. The highest BCUT2D eigenvalue weighted by molar-refractivity contribution is 5.89. The lowest BCUT2D eigenvalue weighted by atomic mass is 9.99. The number of benzene rings is 1. The molecule has 0 bridgehead atoms. The molecule has 2 amide bonds. The molecule has 1 aliphatic heterocycles. The minimum atomic E-state index is -0.344. The highest BCUT2D eigenvalue weighted by atomic mass is 16.5. The maximum absolute atomic E-state index is 12.2. The van der Waals surface area contributed by atoms with E-state index in [1.165, 1.54) is 10.5 Å². The summed E-state index contributed by atoms with van der Waals surface area (Å²) in [6.07, 6.45) is 1.40. The Balaban J connectivity index is 1.60. The van der Waals surface area contributed by atoms with Gasteiger partial charge in [-0.1, -0.05) is 35.5 Å². The molecule has 1 fully saturated rings. The number of rotatable bonds is 5. The molecule has 24 heavy (non-hydrogen) atoms. The second-order valence-electron chi connectivity index (χ2n) is 6.25. The molecule has 1 aliphatic rings. The van der Waals surface area contributed by atoms with Crippen LogP contribution in [0, 0.1) is 5.92 Å². The summed E-state index contributed by atoms with van der Waals surface area (Å²) in [5.74, 6) is 0.329. The summed E-state index contributed by atoms with van der Waals surface area (Å²) in [4.78, 5) is 31.1. The zero-order valence-corrected chi connectivity index (χ0v) is 13.8. The normalized spacial score (nSPS) is 17.3. The molecular weight excluding hydrogens is 308 g/mol. The van der Waals surface area contributed by atoms with Crippen LogP contribution in [0.3, 0.4) is 0 Å². The number of aromatic nitrogens is 2. The van der Waals surface area contributed by atoms with Crippen molar-refractivity contribution in [1.82, 2.24) is 19.9 Å². The molecule has 1 saturated heterocycles. The number of amides is 2. The van der Waals surface area contributed by atoms with Crippen molar-refractivity contribution in [3.63, 3.8) is 0 Å². The number of carbonyl (C=O) groups excluding carboxylic acids is 2. The quantitative estimate of drug-likeness (QED) is 0.828.